The summed E-state index contributed by atoms with van der Waals surface area (Å²) in [4.78, 5) is 29.6. The molecule has 1 atom stereocenters. The van der Waals surface area contributed by atoms with Gasteiger partial charge in [0.2, 0.25) is 5.91 Å². The molecule has 1 aliphatic rings. The number of anilines is 1. The van der Waals surface area contributed by atoms with E-state index >= 15 is 0 Å². The van der Waals surface area contributed by atoms with Crippen LogP contribution in [0.1, 0.15) is 41.8 Å². The first-order valence-corrected chi connectivity index (χ1v) is 10.1. The van der Waals surface area contributed by atoms with Crippen molar-refractivity contribution in [2.45, 2.75) is 25.9 Å². The molecule has 29 heavy (non-hydrogen) atoms. The number of aliphatic hydroxyl groups excluding tert-OH is 1. The Kier molecular flexibility index (Phi) is 5.29. The number of nitrogens with one attached hydrogen (secondary N) is 1. The number of benzene rings is 1. The number of fused-ring (bicyclic) bond motifs is 1. The minimum absolute atomic E-state index is 0.000376. The lowest BCUT2D eigenvalue weighted by Gasteiger charge is -2.12. The van der Waals surface area contributed by atoms with Gasteiger partial charge in [-0.15, -0.1) is 0 Å². The fourth-order valence-corrected chi connectivity index (χ4v) is 4.07. The summed E-state index contributed by atoms with van der Waals surface area (Å²) in [5, 5.41) is 13.5. The SMILES string of the molecule is CC(O)c1cc(Cl)c(C(=O)n2cc(Cl)c3c(NC(=O)C4CC4)nccc32)c(Cl)c1. The Morgan fingerprint density at radius 1 is 1.21 bits per heavy atom. The Morgan fingerprint density at radius 3 is 2.45 bits per heavy atom. The third-order valence-corrected chi connectivity index (χ3v) is 5.72. The van der Waals surface area contributed by atoms with Crippen LogP contribution in [0.2, 0.25) is 15.1 Å². The van der Waals surface area contributed by atoms with E-state index in [1.54, 1.807) is 13.0 Å². The van der Waals surface area contributed by atoms with Crippen LogP contribution >= 0.6 is 34.8 Å². The highest BCUT2D eigenvalue weighted by Gasteiger charge is 2.31. The molecule has 1 fully saturated rings. The van der Waals surface area contributed by atoms with Crippen LogP contribution in [0.15, 0.2) is 30.6 Å². The summed E-state index contributed by atoms with van der Waals surface area (Å²) in [5.74, 6) is -0.295. The first-order chi connectivity index (χ1) is 13.8. The Labute approximate surface area is 181 Å². The molecule has 1 unspecified atom stereocenters. The maximum absolute atomic E-state index is 13.2. The van der Waals surface area contributed by atoms with Gasteiger partial charge in [0.25, 0.3) is 5.91 Å². The Balaban J connectivity index is 1.79. The van der Waals surface area contributed by atoms with Gasteiger partial charge in [-0.3, -0.25) is 14.2 Å². The minimum atomic E-state index is -0.778. The number of hydrogen-bond acceptors (Lipinski definition) is 4. The van der Waals surface area contributed by atoms with Crippen LogP contribution in [0.25, 0.3) is 10.9 Å². The zero-order valence-corrected chi connectivity index (χ0v) is 17.5. The third-order valence-electron chi connectivity index (χ3n) is 4.84. The summed E-state index contributed by atoms with van der Waals surface area (Å²) in [6, 6.07) is 4.63. The number of aromatic nitrogens is 2. The Hall–Kier alpha value is -2.12. The van der Waals surface area contributed by atoms with Gasteiger partial charge in [-0.05, 0) is 43.5 Å². The largest absolute Gasteiger partial charge is 0.389 e. The summed E-state index contributed by atoms with van der Waals surface area (Å²) < 4.78 is 1.32. The lowest BCUT2D eigenvalue weighted by molar-refractivity contribution is -0.117. The lowest BCUT2D eigenvalue weighted by atomic mass is 10.1. The molecule has 1 amide bonds. The number of rotatable bonds is 4. The van der Waals surface area contributed by atoms with Crippen molar-refractivity contribution in [3.8, 4) is 0 Å². The second-order valence-corrected chi connectivity index (χ2v) is 8.23. The number of halogens is 3. The van der Waals surface area contributed by atoms with E-state index < -0.39 is 12.0 Å². The monoisotopic (exact) mass is 451 g/mol. The van der Waals surface area contributed by atoms with Crippen molar-refractivity contribution in [2.24, 2.45) is 5.92 Å². The highest BCUT2D eigenvalue weighted by molar-refractivity contribution is 6.41. The normalized spacial score (nSPS) is 14.8. The molecule has 2 heterocycles. The van der Waals surface area contributed by atoms with E-state index in [1.165, 1.54) is 29.1 Å². The van der Waals surface area contributed by atoms with Gasteiger partial charge in [0.05, 0.1) is 37.6 Å². The van der Waals surface area contributed by atoms with Crippen molar-refractivity contribution in [1.29, 1.82) is 0 Å². The number of amides is 1. The summed E-state index contributed by atoms with van der Waals surface area (Å²) in [7, 11) is 0. The lowest BCUT2D eigenvalue weighted by Crippen LogP contribution is -2.15. The molecule has 6 nitrogen and oxygen atoms in total. The van der Waals surface area contributed by atoms with E-state index in [2.05, 4.69) is 10.3 Å². The van der Waals surface area contributed by atoms with Gasteiger partial charge in [-0.2, -0.15) is 0 Å². The molecule has 0 spiro atoms. The van der Waals surface area contributed by atoms with Crippen molar-refractivity contribution < 1.29 is 14.7 Å². The average molecular weight is 453 g/mol. The zero-order valence-electron chi connectivity index (χ0n) is 15.2. The fraction of sp³-hybridized carbons (Fsp3) is 0.250. The van der Waals surface area contributed by atoms with Crippen molar-refractivity contribution in [3.63, 3.8) is 0 Å². The first kappa shape index (κ1) is 20.2. The van der Waals surface area contributed by atoms with Gasteiger partial charge in [0.1, 0.15) is 5.82 Å². The van der Waals surface area contributed by atoms with Crippen LogP contribution in [0.3, 0.4) is 0 Å². The number of hydrogen-bond donors (Lipinski definition) is 2. The first-order valence-electron chi connectivity index (χ1n) is 8.96. The smallest absolute Gasteiger partial charge is 0.265 e. The molecule has 0 radical (unpaired) electrons. The van der Waals surface area contributed by atoms with Crippen molar-refractivity contribution in [3.05, 3.63) is 56.8 Å². The molecule has 4 rings (SSSR count). The molecule has 3 aromatic rings. The van der Waals surface area contributed by atoms with E-state index in [0.717, 1.165) is 12.8 Å². The Bertz CT molecular complexity index is 1130. The van der Waals surface area contributed by atoms with Crippen LogP contribution in [-0.2, 0) is 4.79 Å². The van der Waals surface area contributed by atoms with E-state index in [1.807, 2.05) is 0 Å². The van der Waals surface area contributed by atoms with Crippen LogP contribution < -0.4 is 5.32 Å². The van der Waals surface area contributed by atoms with Crippen LogP contribution in [-0.4, -0.2) is 26.5 Å². The maximum atomic E-state index is 13.2. The molecule has 2 aromatic heterocycles. The third kappa shape index (κ3) is 3.73. The summed E-state index contributed by atoms with van der Waals surface area (Å²) >= 11 is 19.0. The second-order valence-electron chi connectivity index (χ2n) is 7.00. The molecule has 150 valence electrons. The molecule has 0 aliphatic heterocycles. The number of aliphatic hydroxyl groups is 1. The van der Waals surface area contributed by atoms with Crippen LogP contribution in [0.4, 0.5) is 5.82 Å². The molecule has 2 N–H and O–H groups in total. The topological polar surface area (TPSA) is 84.2 Å². The van der Waals surface area contributed by atoms with Gasteiger partial charge in [-0.1, -0.05) is 34.8 Å². The molecular formula is C20H16Cl3N3O3. The van der Waals surface area contributed by atoms with Gasteiger partial charge >= 0.3 is 0 Å². The molecule has 1 aromatic carbocycles. The van der Waals surface area contributed by atoms with Gasteiger partial charge in [0, 0.05) is 18.3 Å². The van der Waals surface area contributed by atoms with E-state index in [-0.39, 0.29) is 32.5 Å². The number of carbonyl (C=O) groups excluding carboxylic acids is 2. The molecule has 0 saturated heterocycles. The highest BCUT2D eigenvalue weighted by Crippen LogP contribution is 2.36. The standard InChI is InChI=1S/C20H16Cl3N3O3/c1-9(27)11-6-12(21)16(13(22)7-11)20(29)26-8-14(23)17-15(26)4-5-24-18(17)25-19(28)10-2-3-10/h4-10,27H,2-3H2,1H3,(H,24,25,28). The number of nitrogens with zero attached hydrogens (tertiary/aromatic N) is 2. The van der Waals surface area contributed by atoms with Crippen LogP contribution in [0, 0.1) is 5.92 Å². The predicted octanol–water partition coefficient (Wildman–Crippen LogP) is 5.09. The summed E-state index contributed by atoms with van der Waals surface area (Å²) in [6.45, 7) is 1.58. The predicted molar refractivity (Wildman–Crippen MR) is 113 cm³/mol. The minimum Gasteiger partial charge on any atom is -0.389 e. The number of pyridine rings is 1. The van der Waals surface area contributed by atoms with E-state index in [9.17, 15) is 14.7 Å². The average Bonchev–Trinajstić information content (AvgIpc) is 3.45. The van der Waals surface area contributed by atoms with Crippen molar-refractivity contribution >= 4 is 63.3 Å². The fourth-order valence-electron chi connectivity index (χ4n) is 3.12. The Morgan fingerprint density at radius 2 is 1.86 bits per heavy atom. The quantitative estimate of drug-likeness (QED) is 0.578. The molecule has 1 aliphatic carbocycles. The van der Waals surface area contributed by atoms with Crippen molar-refractivity contribution in [1.82, 2.24) is 9.55 Å². The van der Waals surface area contributed by atoms with Crippen molar-refractivity contribution in [2.75, 3.05) is 5.32 Å². The van der Waals surface area contributed by atoms with Crippen LogP contribution in [0.5, 0.6) is 0 Å². The van der Waals surface area contributed by atoms with Gasteiger partial charge < -0.3 is 10.4 Å². The zero-order chi connectivity index (χ0) is 20.9. The highest BCUT2D eigenvalue weighted by atomic mass is 35.5. The van der Waals surface area contributed by atoms with Gasteiger partial charge in [0.15, 0.2) is 0 Å². The van der Waals surface area contributed by atoms with E-state index in [0.29, 0.717) is 22.3 Å². The molecule has 0 bridgehead atoms. The molecule has 1 saturated carbocycles. The number of carbonyl (C=O) groups is 2. The summed E-state index contributed by atoms with van der Waals surface area (Å²) in [5.41, 5.74) is 1.06. The van der Waals surface area contributed by atoms with E-state index in [4.69, 9.17) is 34.8 Å². The summed E-state index contributed by atoms with van der Waals surface area (Å²) in [6.07, 6.45) is 3.87. The van der Waals surface area contributed by atoms with Gasteiger partial charge in [-0.25, -0.2) is 4.98 Å². The maximum Gasteiger partial charge on any atom is 0.265 e. The molecular weight excluding hydrogens is 437 g/mol. The molecule has 9 heteroatoms. The second kappa shape index (κ2) is 7.61.